The number of halogens is 2. The van der Waals surface area contributed by atoms with Gasteiger partial charge in [0.1, 0.15) is 4.49 Å². The number of methoxy groups -OCH3 is 1. The van der Waals surface area contributed by atoms with Crippen LogP contribution >= 0.6 is 23.2 Å². The van der Waals surface area contributed by atoms with Crippen molar-refractivity contribution in [3.05, 3.63) is 10.6 Å². The van der Waals surface area contributed by atoms with Crippen LogP contribution in [0, 0.1) is 17.3 Å². The molecule has 0 spiro atoms. The highest BCUT2D eigenvalue weighted by Crippen LogP contribution is 2.60. The minimum absolute atomic E-state index is 0.0812. The number of hydrogen-bond acceptors (Lipinski definition) is 2. The van der Waals surface area contributed by atoms with Gasteiger partial charge in [-0.2, -0.15) is 0 Å². The molecule has 0 aromatic rings. The number of allylic oxidation sites excluding steroid dienone is 1. The summed E-state index contributed by atoms with van der Waals surface area (Å²) in [5.74, 6) is -0.198. The lowest BCUT2D eigenvalue weighted by Crippen LogP contribution is -2.07. The molecule has 0 unspecified atom stereocenters. The average Bonchev–Trinajstić information content (AvgIpc) is 2.51. The normalized spacial score (nSPS) is 29.3. The summed E-state index contributed by atoms with van der Waals surface area (Å²) >= 11 is 11.1. The molecule has 1 saturated carbocycles. The van der Waals surface area contributed by atoms with E-state index >= 15 is 0 Å². The third-order valence-corrected chi connectivity index (χ3v) is 2.92. The highest BCUT2D eigenvalue weighted by molar-refractivity contribution is 6.55. The van der Waals surface area contributed by atoms with Crippen LogP contribution in [0.15, 0.2) is 10.6 Å². The van der Waals surface area contributed by atoms with Gasteiger partial charge in [-0.3, -0.25) is 4.79 Å². The Hall–Kier alpha value is -0.210. The molecule has 0 aromatic carbocycles. The van der Waals surface area contributed by atoms with Crippen LogP contribution in [0.3, 0.4) is 0 Å². The fourth-order valence-electron chi connectivity index (χ4n) is 1.70. The molecule has 0 amide bonds. The number of carbonyl (C=O) groups excluding carboxylic acids is 1. The Morgan fingerprint density at radius 3 is 2.38 bits per heavy atom. The van der Waals surface area contributed by atoms with Crippen molar-refractivity contribution in [1.82, 2.24) is 0 Å². The maximum absolute atomic E-state index is 11.2. The van der Waals surface area contributed by atoms with E-state index in [-0.39, 0.29) is 27.7 Å². The zero-order valence-corrected chi connectivity index (χ0v) is 9.32. The van der Waals surface area contributed by atoms with Gasteiger partial charge in [-0.25, -0.2) is 0 Å². The number of hydrogen-bond donors (Lipinski definition) is 0. The lowest BCUT2D eigenvalue weighted by atomic mass is 10.1. The van der Waals surface area contributed by atoms with Crippen LogP contribution in [-0.2, 0) is 9.53 Å². The van der Waals surface area contributed by atoms with E-state index in [4.69, 9.17) is 23.2 Å². The van der Waals surface area contributed by atoms with Gasteiger partial charge >= 0.3 is 5.97 Å². The van der Waals surface area contributed by atoms with Crippen molar-refractivity contribution in [2.24, 2.45) is 17.3 Å². The molecule has 0 radical (unpaired) electrons. The second-order valence-electron chi connectivity index (χ2n) is 3.80. The van der Waals surface area contributed by atoms with Gasteiger partial charge in [0.15, 0.2) is 0 Å². The van der Waals surface area contributed by atoms with Gasteiger partial charge in [-0.05, 0) is 17.4 Å². The monoisotopic (exact) mass is 222 g/mol. The maximum atomic E-state index is 11.2. The summed E-state index contributed by atoms with van der Waals surface area (Å²) in [5, 5.41) is 0. The Bertz CT molecular complexity index is 254. The van der Waals surface area contributed by atoms with Crippen molar-refractivity contribution in [1.29, 1.82) is 0 Å². The fraction of sp³-hybridized carbons (Fsp3) is 0.667. The maximum Gasteiger partial charge on any atom is 0.309 e. The third kappa shape index (κ3) is 2.00. The second kappa shape index (κ2) is 3.50. The number of esters is 1. The zero-order valence-electron chi connectivity index (χ0n) is 7.80. The molecule has 0 N–H and O–H groups in total. The summed E-state index contributed by atoms with van der Waals surface area (Å²) in [6, 6.07) is 0. The predicted octanol–water partition coefficient (Wildman–Crippen LogP) is 2.75. The van der Waals surface area contributed by atoms with E-state index in [0.717, 1.165) is 0 Å². The summed E-state index contributed by atoms with van der Waals surface area (Å²) in [7, 11) is 1.39. The summed E-state index contributed by atoms with van der Waals surface area (Å²) in [5.41, 5.74) is -0.0812. The topological polar surface area (TPSA) is 26.3 Å². The molecule has 0 aliphatic heterocycles. The molecule has 1 fully saturated rings. The average molecular weight is 223 g/mol. The van der Waals surface area contributed by atoms with E-state index < -0.39 is 0 Å². The summed E-state index contributed by atoms with van der Waals surface area (Å²) in [6.45, 7) is 3.99. The first-order valence-electron chi connectivity index (χ1n) is 4.02. The molecular formula is C9H12Cl2O2. The Labute approximate surface area is 87.8 Å². The first kappa shape index (κ1) is 10.9. The molecule has 2 nitrogen and oxygen atoms in total. The van der Waals surface area contributed by atoms with Gasteiger partial charge in [0.25, 0.3) is 0 Å². The van der Waals surface area contributed by atoms with E-state index in [1.54, 1.807) is 6.08 Å². The molecule has 2 atom stereocenters. The summed E-state index contributed by atoms with van der Waals surface area (Å²) in [6.07, 6.45) is 1.70. The van der Waals surface area contributed by atoms with Gasteiger partial charge < -0.3 is 4.74 Å². The van der Waals surface area contributed by atoms with E-state index in [1.165, 1.54) is 7.11 Å². The van der Waals surface area contributed by atoms with Crippen molar-refractivity contribution in [2.75, 3.05) is 7.11 Å². The van der Waals surface area contributed by atoms with Crippen LogP contribution in [-0.4, -0.2) is 13.1 Å². The van der Waals surface area contributed by atoms with Gasteiger partial charge in [0.2, 0.25) is 0 Å². The van der Waals surface area contributed by atoms with E-state index in [2.05, 4.69) is 4.74 Å². The lowest BCUT2D eigenvalue weighted by Gasteiger charge is -1.98. The summed E-state index contributed by atoms with van der Waals surface area (Å²) in [4.78, 5) is 11.2. The Balaban J connectivity index is 2.72. The minimum atomic E-state index is -0.194. The van der Waals surface area contributed by atoms with Crippen LogP contribution in [0.4, 0.5) is 0 Å². The van der Waals surface area contributed by atoms with Crippen LogP contribution < -0.4 is 0 Å². The molecule has 0 heterocycles. The Morgan fingerprint density at radius 2 is 2.00 bits per heavy atom. The van der Waals surface area contributed by atoms with Crippen LogP contribution in [0.5, 0.6) is 0 Å². The van der Waals surface area contributed by atoms with Crippen molar-refractivity contribution in [2.45, 2.75) is 13.8 Å². The van der Waals surface area contributed by atoms with Gasteiger partial charge in [0, 0.05) is 0 Å². The Kier molecular flexibility index (Phi) is 2.93. The fourth-order valence-corrected chi connectivity index (χ4v) is 1.97. The van der Waals surface area contributed by atoms with Crippen molar-refractivity contribution in [3.63, 3.8) is 0 Å². The first-order valence-corrected chi connectivity index (χ1v) is 4.77. The molecule has 0 bridgehead atoms. The second-order valence-corrected chi connectivity index (χ2v) is 4.81. The van der Waals surface area contributed by atoms with E-state index in [1.807, 2.05) is 13.8 Å². The first-order chi connectivity index (χ1) is 5.91. The largest absolute Gasteiger partial charge is 0.469 e. The molecule has 1 rings (SSSR count). The van der Waals surface area contributed by atoms with E-state index in [9.17, 15) is 4.79 Å². The molecule has 0 aromatic heterocycles. The third-order valence-electron chi connectivity index (χ3n) is 2.67. The van der Waals surface area contributed by atoms with Crippen molar-refractivity contribution in [3.8, 4) is 0 Å². The predicted molar refractivity (Wildman–Crippen MR) is 52.6 cm³/mol. The number of rotatable bonds is 2. The molecule has 1 aliphatic rings. The summed E-state index contributed by atoms with van der Waals surface area (Å²) < 4.78 is 4.88. The molecule has 74 valence electrons. The quantitative estimate of drug-likeness (QED) is 0.673. The molecule has 1 aliphatic carbocycles. The van der Waals surface area contributed by atoms with Crippen LogP contribution in [0.2, 0.25) is 0 Å². The molecule has 13 heavy (non-hydrogen) atoms. The Morgan fingerprint density at radius 1 is 1.46 bits per heavy atom. The smallest absolute Gasteiger partial charge is 0.309 e. The van der Waals surface area contributed by atoms with Crippen molar-refractivity contribution >= 4 is 29.2 Å². The van der Waals surface area contributed by atoms with Crippen molar-refractivity contribution < 1.29 is 9.53 Å². The number of carbonyl (C=O) groups is 1. The molecular weight excluding hydrogens is 211 g/mol. The zero-order chi connectivity index (χ0) is 10.2. The molecule has 4 heteroatoms. The number of ether oxygens (including phenoxy) is 1. The van der Waals surface area contributed by atoms with Gasteiger partial charge in [-0.15, -0.1) is 0 Å². The minimum Gasteiger partial charge on any atom is -0.469 e. The standard InChI is InChI=1S/C9H12Cl2O2/c1-9(2)5(4-6(10)11)7(9)8(12)13-3/h4-5,7H,1-3H3/t5-,7-/m0/s1. The van der Waals surface area contributed by atoms with Gasteiger partial charge in [0.05, 0.1) is 13.0 Å². The van der Waals surface area contributed by atoms with Crippen LogP contribution in [0.1, 0.15) is 13.8 Å². The lowest BCUT2D eigenvalue weighted by molar-refractivity contribution is -0.143. The van der Waals surface area contributed by atoms with Crippen LogP contribution in [0.25, 0.3) is 0 Å². The highest BCUT2D eigenvalue weighted by Gasteiger charge is 2.61. The van der Waals surface area contributed by atoms with E-state index in [0.29, 0.717) is 0 Å². The highest BCUT2D eigenvalue weighted by atomic mass is 35.5. The molecule has 0 saturated heterocycles. The SMILES string of the molecule is COC(=O)[C@@H]1[C@H](C=C(Cl)Cl)C1(C)C. The van der Waals surface area contributed by atoms with Gasteiger partial charge in [-0.1, -0.05) is 37.0 Å².